The van der Waals surface area contributed by atoms with Crippen LogP contribution in [-0.2, 0) is 25.6 Å². The number of carboxylic acid groups (broad SMARTS) is 1. The standard InChI is InChI=1S/C26H29N5O8/c1-14(32)21(25(37)38)30-22(34)18(11-12-20(27)33)28-23(35)19(13-15-7-3-2-4-8-15)31-24(36)16-9-5-6-10-17(16)29-26(31)39/h2-10,14,18-19,21,32H,11-13H2,1H3,(H2,27,33)(H,28,35)(H,29,39)(H,30,34)(H,37,38). The van der Waals surface area contributed by atoms with Gasteiger partial charge in [-0.05, 0) is 31.0 Å². The topological polar surface area (TPSA) is 214 Å². The number of benzene rings is 2. The summed E-state index contributed by atoms with van der Waals surface area (Å²) in [5, 5.41) is 23.8. The Balaban J connectivity index is 2.02. The van der Waals surface area contributed by atoms with Crippen molar-refractivity contribution in [1.82, 2.24) is 20.2 Å². The number of carbonyl (C=O) groups excluding carboxylic acids is 3. The lowest BCUT2D eigenvalue weighted by molar-refractivity contribution is -0.145. The summed E-state index contributed by atoms with van der Waals surface area (Å²) in [6.07, 6.45) is -2.23. The summed E-state index contributed by atoms with van der Waals surface area (Å²) in [7, 11) is 0. The predicted molar refractivity (Wildman–Crippen MR) is 140 cm³/mol. The summed E-state index contributed by atoms with van der Waals surface area (Å²) in [4.78, 5) is 78.4. The number of aromatic amines is 1. The molecule has 3 amide bonds. The minimum atomic E-state index is -1.70. The zero-order chi connectivity index (χ0) is 28.7. The van der Waals surface area contributed by atoms with E-state index in [0.29, 0.717) is 5.56 Å². The van der Waals surface area contributed by atoms with Crippen molar-refractivity contribution in [3.8, 4) is 0 Å². The Labute approximate surface area is 221 Å². The monoisotopic (exact) mass is 539 g/mol. The molecule has 0 saturated heterocycles. The number of nitrogens with two attached hydrogens (primary N) is 1. The lowest BCUT2D eigenvalue weighted by Gasteiger charge is -2.25. The van der Waals surface area contributed by atoms with Crippen LogP contribution in [0.15, 0.2) is 64.2 Å². The number of nitrogens with one attached hydrogen (secondary N) is 3. The molecule has 2 aromatic carbocycles. The van der Waals surface area contributed by atoms with E-state index in [9.17, 15) is 39.0 Å². The molecule has 13 nitrogen and oxygen atoms in total. The molecule has 0 saturated carbocycles. The van der Waals surface area contributed by atoms with E-state index >= 15 is 0 Å². The van der Waals surface area contributed by atoms with Crippen molar-refractivity contribution in [2.75, 3.05) is 0 Å². The fourth-order valence-corrected chi connectivity index (χ4v) is 4.06. The van der Waals surface area contributed by atoms with Crippen molar-refractivity contribution in [3.05, 3.63) is 81.0 Å². The summed E-state index contributed by atoms with van der Waals surface area (Å²) in [6.45, 7) is 1.16. The predicted octanol–water partition coefficient (Wildman–Crippen LogP) is -0.826. The molecule has 3 aromatic rings. The van der Waals surface area contributed by atoms with Crippen LogP contribution in [0.5, 0.6) is 0 Å². The van der Waals surface area contributed by atoms with Crippen LogP contribution >= 0.6 is 0 Å². The van der Waals surface area contributed by atoms with Crippen LogP contribution < -0.4 is 27.6 Å². The molecule has 13 heteroatoms. The molecule has 0 aliphatic rings. The van der Waals surface area contributed by atoms with Crippen LogP contribution in [0.2, 0.25) is 0 Å². The number of rotatable bonds is 12. The maximum atomic E-state index is 13.6. The van der Waals surface area contributed by atoms with Gasteiger partial charge >= 0.3 is 11.7 Å². The zero-order valence-corrected chi connectivity index (χ0v) is 21.0. The Morgan fingerprint density at radius 3 is 2.23 bits per heavy atom. The van der Waals surface area contributed by atoms with Crippen molar-refractivity contribution in [2.24, 2.45) is 5.73 Å². The van der Waals surface area contributed by atoms with Crippen molar-refractivity contribution in [1.29, 1.82) is 0 Å². The molecule has 0 radical (unpaired) electrons. The van der Waals surface area contributed by atoms with Gasteiger partial charge in [-0.15, -0.1) is 0 Å². The number of aliphatic carboxylic acids is 1. The van der Waals surface area contributed by atoms with Gasteiger partial charge in [-0.25, -0.2) is 14.2 Å². The Morgan fingerprint density at radius 1 is 0.974 bits per heavy atom. The second-order valence-corrected chi connectivity index (χ2v) is 8.99. The Kier molecular flexibility index (Phi) is 9.33. The van der Waals surface area contributed by atoms with Gasteiger partial charge in [-0.3, -0.25) is 19.2 Å². The summed E-state index contributed by atoms with van der Waals surface area (Å²) >= 11 is 0. The lowest BCUT2D eigenvalue weighted by Crippen LogP contribution is -2.56. The van der Waals surface area contributed by atoms with Gasteiger partial charge in [0.1, 0.15) is 12.1 Å². The number of carboxylic acids is 1. The Bertz CT molecular complexity index is 1480. The Hall–Kier alpha value is -4.78. The van der Waals surface area contributed by atoms with Gasteiger partial charge in [-0.1, -0.05) is 42.5 Å². The van der Waals surface area contributed by atoms with Crippen LogP contribution in [0.4, 0.5) is 0 Å². The molecule has 206 valence electrons. The third-order valence-electron chi connectivity index (χ3n) is 6.08. The molecule has 1 heterocycles. The van der Waals surface area contributed by atoms with Gasteiger partial charge in [0.05, 0.1) is 17.0 Å². The zero-order valence-electron chi connectivity index (χ0n) is 21.0. The number of amides is 3. The highest BCUT2D eigenvalue weighted by atomic mass is 16.4. The third kappa shape index (κ3) is 7.17. The molecule has 4 atom stereocenters. The van der Waals surface area contributed by atoms with E-state index in [1.54, 1.807) is 48.5 Å². The molecule has 7 N–H and O–H groups in total. The van der Waals surface area contributed by atoms with Gasteiger partial charge in [-0.2, -0.15) is 0 Å². The fraction of sp³-hybridized carbons (Fsp3) is 0.308. The summed E-state index contributed by atoms with van der Waals surface area (Å²) < 4.78 is 0.754. The van der Waals surface area contributed by atoms with E-state index in [1.807, 2.05) is 0 Å². The molecule has 3 rings (SSSR count). The minimum absolute atomic E-state index is 0.108. The first kappa shape index (κ1) is 28.8. The van der Waals surface area contributed by atoms with E-state index in [-0.39, 0.29) is 30.2 Å². The number of hydrogen-bond donors (Lipinski definition) is 6. The smallest absolute Gasteiger partial charge is 0.329 e. The number of H-pyrrole nitrogens is 1. The van der Waals surface area contributed by atoms with Gasteiger partial charge in [0.2, 0.25) is 17.7 Å². The van der Waals surface area contributed by atoms with Crippen LogP contribution in [0.25, 0.3) is 10.9 Å². The number of fused-ring (bicyclic) bond motifs is 1. The average Bonchev–Trinajstić information content (AvgIpc) is 2.88. The molecular weight excluding hydrogens is 510 g/mol. The first-order valence-electron chi connectivity index (χ1n) is 12.1. The average molecular weight is 540 g/mol. The molecule has 0 fully saturated rings. The van der Waals surface area contributed by atoms with Crippen molar-refractivity contribution >= 4 is 34.6 Å². The molecule has 1 aromatic heterocycles. The van der Waals surface area contributed by atoms with Crippen molar-refractivity contribution < 1.29 is 29.4 Å². The second-order valence-electron chi connectivity index (χ2n) is 8.99. The number of primary amides is 1. The van der Waals surface area contributed by atoms with E-state index < -0.39 is 59.2 Å². The maximum absolute atomic E-state index is 13.6. The maximum Gasteiger partial charge on any atom is 0.329 e. The lowest BCUT2D eigenvalue weighted by atomic mass is 10.0. The Morgan fingerprint density at radius 2 is 1.62 bits per heavy atom. The number of nitrogens with zero attached hydrogens (tertiary/aromatic N) is 1. The van der Waals surface area contributed by atoms with E-state index in [0.717, 1.165) is 11.5 Å². The van der Waals surface area contributed by atoms with Crippen molar-refractivity contribution in [3.63, 3.8) is 0 Å². The van der Waals surface area contributed by atoms with E-state index in [4.69, 9.17) is 5.73 Å². The second kappa shape index (κ2) is 12.6. The molecular formula is C26H29N5O8. The number of aliphatic hydroxyl groups excluding tert-OH is 1. The highest BCUT2D eigenvalue weighted by molar-refractivity contribution is 5.92. The molecule has 0 aliphatic carbocycles. The number of carbonyl (C=O) groups is 4. The molecule has 4 unspecified atom stereocenters. The number of aromatic nitrogens is 2. The van der Waals surface area contributed by atoms with Gasteiger partial charge < -0.3 is 31.6 Å². The highest BCUT2D eigenvalue weighted by Crippen LogP contribution is 2.15. The quantitative estimate of drug-likeness (QED) is 0.170. The van der Waals surface area contributed by atoms with Gasteiger partial charge in [0.25, 0.3) is 5.56 Å². The first-order chi connectivity index (χ1) is 18.5. The molecule has 0 bridgehead atoms. The third-order valence-corrected chi connectivity index (χ3v) is 6.08. The fourth-order valence-electron chi connectivity index (χ4n) is 4.06. The van der Waals surface area contributed by atoms with Crippen LogP contribution in [0.3, 0.4) is 0 Å². The summed E-state index contributed by atoms with van der Waals surface area (Å²) in [5.74, 6) is -4.21. The van der Waals surface area contributed by atoms with E-state index in [2.05, 4.69) is 15.6 Å². The number of aliphatic hydroxyl groups is 1. The SMILES string of the molecule is CC(O)C(NC(=O)C(CCC(N)=O)NC(=O)C(Cc1ccccc1)n1c(=O)[nH]c2ccccc2c1=O)C(=O)O. The molecule has 0 spiro atoms. The van der Waals surface area contributed by atoms with Crippen LogP contribution in [0, 0.1) is 0 Å². The van der Waals surface area contributed by atoms with Gasteiger partial charge in [0, 0.05) is 12.8 Å². The van der Waals surface area contributed by atoms with Crippen molar-refractivity contribution in [2.45, 2.75) is 50.4 Å². The summed E-state index contributed by atoms with van der Waals surface area (Å²) in [5.41, 5.74) is 4.50. The highest BCUT2D eigenvalue weighted by Gasteiger charge is 2.32. The minimum Gasteiger partial charge on any atom is -0.480 e. The first-order valence-corrected chi connectivity index (χ1v) is 12.1. The molecule has 39 heavy (non-hydrogen) atoms. The normalized spacial score (nSPS) is 14.1. The van der Waals surface area contributed by atoms with Gasteiger partial charge in [0.15, 0.2) is 6.04 Å². The van der Waals surface area contributed by atoms with Crippen LogP contribution in [-0.4, -0.2) is 61.6 Å². The van der Waals surface area contributed by atoms with Crippen LogP contribution in [0.1, 0.15) is 31.4 Å². The summed E-state index contributed by atoms with van der Waals surface area (Å²) in [6, 6.07) is 10.2. The van der Waals surface area contributed by atoms with E-state index in [1.165, 1.54) is 6.07 Å². The molecule has 0 aliphatic heterocycles. The largest absolute Gasteiger partial charge is 0.480 e. The number of hydrogen-bond acceptors (Lipinski definition) is 7. The number of para-hydroxylation sites is 1.